The van der Waals surface area contributed by atoms with E-state index in [0.29, 0.717) is 12.8 Å². The molecule has 0 spiro atoms. The number of hydrogen-bond acceptors (Lipinski definition) is 3. The third-order valence-corrected chi connectivity index (χ3v) is 3.42. The predicted octanol–water partition coefficient (Wildman–Crippen LogP) is 1.24. The molecule has 1 aliphatic heterocycles. The Morgan fingerprint density at radius 3 is 2.80 bits per heavy atom. The minimum Gasteiger partial charge on any atom is -0.367 e. The van der Waals surface area contributed by atoms with Gasteiger partial charge in [0.1, 0.15) is 11.9 Å². The molecule has 1 heterocycles. The minimum atomic E-state index is -0.683. The number of carbonyl (C=O) groups excluding carboxylic acids is 2. The molecular weight excluding hydrogens is 287 g/mol. The van der Waals surface area contributed by atoms with Crippen LogP contribution in [0, 0.1) is 5.82 Å². The summed E-state index contributed by atoms with van der Waals surface area (Å²) in [6.07, 6.45) is 0.214. The number of amides is 2. The largest absolute Gasteiger partial charge is 0.367 e. The van der Waals surface area contributed by atoms with Crippen LogP contribution in [-0.4, -0.2) is 30.6 Å². The van der Waals surface area contributed by atoms with Crippen LogP contribution < -0.4 is 11.1 Å². The molecule has 0 saturated carbocycles. The van der Waals surface area contributed by atoms with Crippen molar-refractivity contribution in [1.82, 2.24) is 5.32 Å². The van der Waals surface area contributed by atoms with Crippen LogP contribution in [0.15, 0.2) is 18.2 Å². The lowest BCUT2D eigenvalue weighted by Crippen LogP contribution is -2.34. The normalized spacial score (nSPS) is 21.7. The Labute approximate surface area is 120 Å². The summed E-state index contributed by atoms with van der Waals surface area (Å²) in [6, 6.07) is 4.02. The molecule has 3 N–H and O–H groups in total. The van der Waals surface area contributed by atoms with Gasteiger partial charge in [-0.1, -0.05) is 17.7 Å². The Bertz CT molecular complexity index is 518. The average Bonchev–Trinajstić information content (AvgIpc) is 2.85. The quantitative estimate of drug-likeness (QED) is 0.878. The van der Waals surface area contributed by atoms with E-state index in [2.05, 4.69) is 5.32 Å². The molecule has 2 amide bonds. The number of rotatable bonds is 4. The molecule has 7 heteroatoms. The third-order valence-electron chi connectivity index (χ3n) is 3.10. The summed E-state index contributed by atoms with van der Waals surface area (Å²) in [5, 5.41) is 2.59. The van der Waals surface area contributed by atoms with Crippen LogP contribution in [0.25, 0.3) is 0 Å². The van der Waals surface area contributed by atoms with Crippen LogP contribution >= 0.6 is 11.6 Å². The standard InChI is InChI=1S/C13H14ClFN2O3/c14-8-2-1-3-9(15)11(8)13(19)17-6-7-4-5-10(20-7)12(16)18/h1-3,7,10H,4-6H2,(H2,16,18)(H,17,19). The second kappa shape index (κ2) is 6.19. The maximum Gasteiger partial charge on any atom is 0.255 e. The number of primary amides is 1. The first-order chi connectivity index (χ1) is 9.49. The molecule has 0 radical (unpaired) electrons. The van der Waals surface area contributed by atoms with Gasteiger partial charge in [-0.2, -0.15) is 0 Å². The van der Waals surface area contributed by atoms with Crippen molar-refractivity contribution >= 4 is 23.4 Å². The van der Waals surface area contributed by atoms with Crippen molar-refractivity contribution in [3.63, 3.8) is 0 Å². The van der Waals surface area contributed by atoms with Gasteiger partial charge >= 0.3 is 0 Å². The molecule has 2 atom stereocenters. The molecule has 108 valence electrons. The van der Waals surface area contributed by atoms with Gasteiger partial charge in [-0.3, -0.25) is 9.59 Å². The fourth-order valence-corrected chi connectivity index (χ4v) is 2.32. The zero-order chi connectivity index (χ0) is 14.7. The lowest BCUT2D eigenvalue weighted by atomic mass is 10.1. The number of halogens is 2. The first-order valence-electron chi connectivity index (χ1n) is 6.16. The van der Waals surface area contributed by atoms with E-state index in [9.17, 15) is 14.0 Å². The van der Waals surface area contributed by atoms with Crippen LogP contribution in [0.1, 0.15) is 23.2 Å². The summed E-state index contributed by atoms with van der Waals surface area (Å²) in [6.45, 7) is 0.174. The fraction of sp³-hybridized carbons (Fsp3) is 0.385. The molecule has 1 aromatic rings. The molecule has 20 heavy (non-hydrogen) atoms. The van der Waals surface area contributed by atoms with E-state index in [0.717, 1.165) is 6.07 Å². The minimum absolute atomic E-state index is 0.0462. The van der Waals surface area contributed by atoms with Crippen LogP contribution in [0.5, 0.6) is 0 Å². The second-order valence-electron chi connectivity index (χ2n) is 4.53. The molecule has 1 fully saturated rings. The molecule has 0 aliphatic carbocycles. The average molecular weight is 301 g/mol. The van der Waals surface area contributed by atoms with Gasteiger partial charge in [0.05, 0.1) is 16.7 Å². The van der Waals surface area contributed by atoms with E-state index in [1.54, 1.807) is 0 Å². The highest BCUT2D eigenvalue weighted by molar-refractivity contribution is 6.33. The summed E-state index contributed by atoms with van der Waals surface area (Å²) in [7, 11) is 0. The van der Waals surface area contributed by atoms with E-state index in [-0.39, 0.29) is 23.2 Å². The van der Waals surface area contributed by atoms with Gasteiger partial charge in [0.25, 0.3) is 5.91 Å². The van der Waals surface area contributed by atoms with Crippen LogP contribution in [0.4, 0.5) is 4.39 Å². The lowest BCUT2D eigenvalue weighted by molar-refractivity contribution is -0.128. The monoisotopic (exact) mass is 300 g/mol. The second-order valence-corrected chi connectivity index (χ2v) is 4.94. The zero-order valence-corrected chi connectivity index (χ0v) is 11.3. The van der Waals surface area contributed by atoms with Gasteiger partial charge in [-0.25, -0.2) is 4.39 Å². The van der Waals surface area contributed by atoms with Crippen molar-refractivity contribution in [1.29, 1.82) is 0 Å². The summed E-state index contributed by atoms with van der Waals surface area (Å²) < 4.78 is 18.9. The summed E-state index contributed by atoms with van der Waals surface area (Å²) in [5.41, 5.74) is 4.93. The first-order valence-corrected chi connectivity index (χ1v) is 6.54. The number of carbonyl (C=O) groups is 2. The molecule has 1 aromatic carbocycles. The Kier molecular flexibility index (Phi) is 4.57. The van der Waals surface area contributed by atoms with Crippen molar-refractivity contribution < 1.29 is 18.7 Å². The first kappa shape index (κ1) is 14.7. The van der Waals surface area contributed by atoms with E-state index in [4.69, 9.17) is 22.1 Å². The van der Waals surface area contributed by atoms with Crippen molar-refractivity contribution in [3.8, 4) is 0 Å². The molecule has 0 bridgehead atoms. The Morgan fingerprint density at radius 2 is 2.20 bits per heavy atom. The number of benzene rings is 1. The molecular formula is C13H14ClFN2O3. The highest BCUT2D eigenvalue weighted by atomic mass is 35.5. The summed E-state index contributed by atoms with van der Waals surface area (Å²) in [4.78, 5) is 22.8. The molecule has 5 nitrogen and oxygen atoms in total. The Morgan fingerprint density at radius 1 is 1.45 bits per heavy atom. The molecule has 0 aromatic heterocycles. The SMILES string of the molecule is NC(=O)C1CCC(CNC(=O)c2c(F)cccc2Cl)O1. The maximum atomic E-state index is 13.5. The molecule has 1 saturated heterocycles. The van der Waals surface area contributed by atoms with Crippen LogP contribution in [-0.2, 0) is 9.53 Å². The number of ether oxygens (including phenoxy) is 1. The van der Waals surface area contributed by atoms with Crippen LogP contribution in [0.2, 0.25) is 5.02 Å². The summed E-state index contributed by atoms with van der Waals surface area (Å²) >= 11 is 5.79. The van der Waals surface area contributed by atoms with Gasteiger partial charge in [0.2, 0.25) is 5.91 Å². The third kappa shape index (κ3) is 3.26. The predicted molar refractivity (Wildman–Crippen MR) is 70.8 cm³/mol. The molecule has 1 aliphatic rings. The molecule has 2 unspecified atom stereocenters. The highest BCUT2D eigenvalue weighted by Gasteiger charge is 2.29. The Hall–Kier alpha value is -1.66. The molecule has 2 rings (SSSR count). The summed E-state index contributed by atoms with van der Waals surface area (Å²) in [5.74, 6) is -1.81. The fourth-order valence-electron chi connectivity index (χ4n) is 2.07. The van der Waals surface area contributed by atoms with E-state index in [1.165, 1.54) is 12.1 Å². The smallest absolute Gasteiger partial charge is 0.255 e. The maximum absolute atomic E-state index is 13.5. The topological polar surface area (TPSA) is 81.4 Å². The van der Waals surface area contributed by atoms with Crippen molar-refractivity contribution in [2.45, 2.75) is 25.0 Å². The number of nitrogens with one attached hydrogen (secondary N) is 1. The van der Waals surface area contributed by atoms with Gasteiger partial charge < -0.3 is 15.8 Å². The number of hydrogen-bond donors (Lipinski definition) is 2. The van der Waals surface area contributed by atoms with E-state index >= 15 is 0 Å². The number of nitrogens with two attached hydrogens (primary N) is 1. The zero-order valence-electron chi connectivity index (χ0n) is 10.6. The van der Waals surface area contributed by atoms with Crippen molar-refractivity contribution in [2.75, 3.05) is 6.54 Å². The highest BCUT2D eigenvalue weighted by Crippen LogP contribution is 2.20. The van der Waals surface area contributed by atoms with E-state index < -0.39 is 23.7 Å². The van der Waals surface area contributed by atoms with Crippen molar-refractivity contribution in [3.05, 3.63) is 34.6 Å². The van der Waals surface area contributed by atoms with Gasteiger partial charge in [0, 0.05) is 6.54 Å². The van der Waals surface area contributed by atoms with E-state index in [1.807, 2.05) is 0 Å². The van der Waals surface area contributed by atoms with Gasteiger partial charge in [0.15, 0.2) is 0 Å². The Balaban J connectivity index is 1.92. The lowest BCUT2D eigenvalue weighted by Gasteiger charge is -2.13. The van der Waals surface area contributed by atoms with Gasteiger partial charge in [-0.05, 0) is 25.0 Å². The van der Waals surface area contributed by atoms with Crippen molar-refractivity contribution in [2.24, 2.45) is 5.73 Å². The van der Waals surface area contributed by atoms with Crippen LogP contribution in [0.3, 0.4) is 0 Å². The van der Waals surface area contributed by atoms with Gasteiger partial charge in [-0.15, -0.1) is 0 Å².